The maximum absolute atomic E-state index is 12.8. The molecule has 1 aliphatic rings. The highest BCUT2D eigenvalue weighted by molar-refractivity contribution is 5.67. The molecule has 0 heterocycles. The lowest BCUT2D eigenvalue weighted by molar-refractivity contribution is -0.193. The molecule has 2 N–H and O–H groups in total. The molecule has 0 spiro atoms. The molecule has 1 saturated carbocycles. The monoisotopic (exact) mass is 296 g/mol. The van der Waals surface area contributed by atoms with Crippen molar-refractivity contribution in [3.05, 3.63) is 0 Å². The molecule has 0 bridgehead atoms. The minimum atomic E-state index is -4.29. The van der Waals surface area contributed by atoms with E-state index in [-0.39, 0.29) is 38.5 Å². The molecule has 1 rings (SSSR count). The lowest BCUT2D eigenvalue weighted by atomic mass is 9.65. The van der Waals surface area contributed by atoms with Crippen molar-refractivity contribution >= 4 is 11.9 Å². The van der Waals surface area contributed by atoms with Crippen molar-refractivity contribution in [3.63, 3.8) is 0 Å². The topological polar surface area (TPSA) is 74.6 Å². The summed E-state index contributed by atoms with van der Waals surface area (Å²) in [4.78, 5) is 21.3. The zero-order valence-corrected chi connectivity index (χ0v) is 11.1. The lowest BCUT2D eigenvalue weighted by Gasteiger charge is -2.41. The number of carboxylic acid groups (broad SMARTS) is 2. The summed E-state index contributed by atoms with van der Waals surface area (Å²) in [5.74, 6) is -3.57. The maximum Gasteiger partial charge on any atom is 0.391 e. The number of hydrogen-bond donors (Lipinski definition) is 2. The molecular formula is C13H19F3O4. The summed E-state index contributed by atoms with van der Waals surface area (Å²) in [6.45, 7) is 0. The van der Waals surface area contributed by atoms with E-state index in [1.54, 1.807) is 0 Å². The predicted octanol–water partition coefficient (Wildman–Crippen LogP) is 3.45. The zero-order valence-electron chi connectivity index (χ0n) is 11.1. The van der Waals surface area contributed by atoms with Crippen LogP contribution in [-0.4, -0.2) is 28.3 Å². The van der Waals surface area contributed by atoms with Crippen LogP contribution in [-0.2, 0) is 9.59 Å². The third-order valence-electron chi connectivity index (χ3n) is 4.14. The van der Waals surface area contributed by atoms with Crippen molar-refractivity contribution in [1.29, 1.82) is 0 Å². The fraction of sp³-hybridized carbons (Fsp3) is 0.846. The highest BCUT2D eigenvalue weighted by Gasteiger charge is 2.47. The van der Waals surface area contributed by atoms with Gasteiger partial charge in [-0.15, -0.1) is 0 Å². The van der Waals surface area contributed by atoms with Crippen LogP contribution in [0.4, 0.5) is 13.2 Å². The van der Waals surface area contributed by atoms with Gasteiger partial charge in [-0.3, -0.25) is 9.59 Å². The molecule has 0 aromatic heterocycles. The van der Waals surface area contributed by atoms with Crippen molar-refractivity contribution in [2.45, 2.75) is 57.5 Å². The van der Waals surface area contributed by atoms with Gasteiger partial charge < -0.3 is 10.2 Å². The van der Waals surface area contributed by atoms with E-state index in [2.05, 4.69) is 0 Å². The summed E-state index contributed by atoms with van der Waals surface area (Å²) < 4.78 is 38.5. The summed E-state index contributed by atoms with van der Waals surface area (Å²) in [6.07, 6.45) is -3.77. The average Bonchev–Trinajstić information content (AvgIpc) is 2.33. The van der Waals surface area contributed by atoms with Crippen LogP contribution >= 0.6 is 0 Å². The lowest BCUT2D eigenvalue weighted by Crippen LogP contribution is -2.36. The van der Waals surface area contributed by atoms with Gasteiger partial charge in [-0.2, -0.15) is 13.2 Å². The molecule has 20 heavy (non-hydrogen) atoms. The van der Waals surface area contributed by atoms with Gasteiger partial charge in [0.2, 0.25) is 0 Å². The summed E-state index contributed by atoms with van der Waals surface area (Å²) in [7, 11) is 0. The predicted molar refractivity (Wildman–Crippen MR) is 64.2 cm³/mol. The van der Waals surface area contributed by atoms with Crippen molar-refractivity contribution in [3.8, 4) is 0 Å². The van der Waals surface area contributed by atoms with Gasteiger partial charge in [-0.1, -0.05) is 6.42 Å². The largest absolute Gasteiger partial charge is 0.481 e. The summed E-state index contributed by atoms with van der Waals surface area (Å²) in [6, 6.07) is 0. The van der Waals surface area contributed by atoms with E-state index in [0.29, 0.717) is 12.8 Å². The molecule has 0 aromatic carbocycles. The van der Waals surface area contributed by atoms with Gasteiger partial charge in [0.1, 0.15) is 0 Å². The maximum atomic E-state index is 12.8. The molecule has 4 nitrogen and oxygen atoms in total. The van der Waals surface area contributed by atoms with Crippen LogP contribution in [0.5, 0.6) is 0 Å². The Morgan fingerprint density at radius 3 is 2.00 bits per heavy atom. The Bertz CT molecular complexity index is 347. The third kappa shape index (κ3) is 5.02. The molecular weight excluding hydrogens is 277 g/mol. The van der Waals surface area contributed by atoms with Gasteiger partial charge in [0, 0.05) is 12.8 Å². The van der Waals surface area contributed by atoms with E-state index in [1.807, 2.05) is 0 Å². The summed E-state index contributed by atoms with van der Waals surface area (Å²) in [5.41, 5.74) is -0.810. The van der Waals surface area contributed by atoms with Gasteiger partial charge in [-0.05, 0) is 37.5 Å². The average molecular weight is 296 g/mol. The van der Waals surface area contributed by atoms with E-state index >= 15 is 0 Å². The Morgan fingerprint density at radius 2 is 1.60 bits per heavy atom. The van der Waals surface area contributed by atoms with Crippen LogP contribution in [0.25, 0.3) is 0 Å². The Morgan fingerprint density at radius 1 is 1.10 bits per heavy atom. The standard InChI is InChI=1S/C13H19F3O4/c14-13(15,16)9-2-1-5-12(8-9,6-3-10(17)18)7-4-11(19)20/h9H,1-8H2,(H,17,18)(H,19,20)/t9-/m1/s1. The fourth-order valence-corrected chi connectivity index (χ4v) is 3.05. The van der Waals surface area contributed by atoms with Crippen molar-refractivity contribution in [2.75, 3.05) is 0 Å². The molecule has 7 heteroatoms. The molecule has 0 aromatic rings. The normalized spacial score (nSPS) is 22.4. The highest BCUT2D eigenvalue weighted by atomic mass is 19.4. The van der Waals surface area contributed by atoms with Gasteiger partial charge in [0.25, 0.3) is 0 Å². The molecule has 0 radical (unpaired) electrons. The zero-order chi connectivity index (χ0) is 15.4. The van der Waals surface area contributed by atoms with E-state index in [4.69, 9.17) is 10.2 Å². The van der Waals surface area contributed by atoms with Crippen molar-refractivity contribution in [2.24, 2.45) is 11.3 Å². The summed E-state index contributed by atoms with van der Waals surface area (Å²) in [5, 5.41) is 17.4. The van der Waals surface area contributed by atoms with E-state index in [9.17, 15) is 22.8 Å². The van der Waals surface area contributed by atoms with Gasteiger partial charge in [0.05, 0.1) is 5.92 Å². The quantitative estimate of drug-likeness (QED) is 0.787. The molecule has 1 atom stereocenters. The molecule has 1 aliphatic carbocycles. The first-order valence-electron chi connectivity index (χ1n) is 6.65. The second-order valence-corrected chi connectivity index (χ2v) is 5.62. The molecule has 1 fully saturated rings. The first-order valence-corrected chi connectivity index (χ1v) is 6.65. The van der Waals surface area contributed by atoms with Crippen molar-refractivity contribution in [1.82, 2.24) is 0 Å². The number of alkyl halides is 3. The van der Waals surface area contributed by atoms with Crippen LogP contribution in [0.3, 0.4) is 0 Å². The smallest absolute Gasteiger partial charge is 0.391 e. The van der Waals surface area contributed by atoms with Gasteiger partial charge in [0.15, 0.2) is 0 Å². The van der Waals surface area contributed by atoms with E-state index < -0.39 is 29.4 Å². The number of rotatable bonds is 6. The first kappa shape index (κ1) is 16.8. The number of carboxylic acids is 2. The van der Waals surface area contributed by atoms with E-state index in [1.165, 1.54) is 0 Å². The SMILES string of the molecule is O=C(O)CCC1(CCC(=O)O)CCC[C@@H](C(F)(F)F)C1. The van der Waals surface area contributed by atoms with Crippen molar-refractivity contribution < 1.29 is 33.0 Å². The number of carbonyl (C=O) groups is 2. The molecule has 0 unspecified atom stereocenters. The molecule has 0 saturated heterocycles. The molecule has 0 amide bonds. The highest BCUT2D eigenvalue weighted by Crippen LogP contribution is 2.50. The molecule has 116 valence electrons. The Balaban J connectivity index is 2.79. The van der Waals surface area contributed by atoms with Gasteiger partial charge >= 0.3 is 18.1 Å². The first-order chi connectivity index (χ1) is 9.15. The van der Waals surface area contributed by atoms with E-state index in [0.717, 1.165) is 0 Å². The Hall–Kier alpha value is -1.27. The van der Waals surface area contributed by atoms with Crippen LogP contribution in [0.2, 0.25) is 0 Å². The molecule has 0 aliphatic heterocycles. The van der Waals surface area contributed by atoms with Crippen LogP contribution in [0.1, 0.15) is 51.4 Å². The number of hydrogen-bond acceptors (Lipinski definition) is 2. The Labute approximate surface area is 115 Å². The van der Waals surface area contributed by atoms with Crippen LogP contribution < -0.4 is 0 Å². The number of halogens is 3. The minimum absolute atomic E-state index is 0.0470. The minimum Gasteiger partial charge on any atom is -0.481 e. The van der Waals surface area contributed by atoms with Gasteiger partial charge in [-0.25, -0.2) is 0 Å². The van der Waals surface area contributed by atoms with Crippen LogP contribution in [0.15, 0.2) is 0 Å². The fourth-order valence-electron chi connectivity index (χ4n) is 3.05. The number of aliphatic carboxylic acids is 2. The van der Waals surface area contributed by atoms with Crippen LogP contribution in [0, 0.1) is 11.3 Å². The summed E-state index contributed by atoms with van der Waals surface area (Å²) >= 11 is 0. The Kier molecular flexibility index (Phi) is 5.42. The second-order valence-electron chi connectivity index (χ2n) is 5.62. The second kappa shape index (κ2) is 6.45. The third-order valence-corrected chi connectivity index (χ3v) is 4.14.